The van der Waals surface area contributed by atoms with Crippen molar-refractivity contribution in [2.24, 2.45) is 0 Å². The number of rotatable bonds is 5. The highest BCUT2D eigenvalue weighted by Crippen LogP contribution is 2.29. The minimum atomic E-state index is -0.833. The van der Waals surface area contributed by atoms with E-state index in [0.29, 0.717) is 35.9 Å². The van der Waals surface area contributed by atoms with Gasteiger partial charge in [0.05, 0.1) is 13.4 Å². The summed E-state index contributed by atoms with van der Waals surface area (Å²) in [6.07, 6.45) is 3.49. The van der Waals surface area contributed by atoms with Crippen molar-refractivity contribution in [3.63, 3.8) is 0 Å². The molecule has 142 valence electrons. The summed E-state index contributed by atoms with van der Waals surface area (Å²) in [6.45, 7) is 1.000. The molecule has 0 bridgehead atoms. The van der Waals surface area contributed by atoms with Crippen molar-refractivity contribution in [3.05, 3.63) is 36.2 Å². The number of anilines is 1. The summed E-state index contributed by atoms with van der Waals surface area (Å²) in [5.74, 6) is 0.720. The van der Waals surface area contributed by atoms with Crippen molar-refractivity contribution in [2.45, 2.75) is 32.0 Å². The molecule has 0 amide bonds. The smallest absolute Gasteiger partial charge is 0.312 e. The molecule has 0 saturated carbocycles. The second-order valence-electron chi connectivity index (χ2n) is 6.35. The minimum absolute atomic E-state index is 0.0366. The van der Waals surface area contributed by atoms with Crippen LogP contribution in [0.2, 0.25) is 0 Å². The number of imidazole rings is 1. The van der Waals surface area contributed by atoms with Gasteiger partial charge in [0.1, 0.15) is 6.23 Å². The van der Waals surface area contributed by atoms with Crippen LogP contribution < -0.4 is 10.1 Å². The van der Waals surface area contributed by atoms with E-state index < -0.39 is 6.08 Å². The second kappa shape index (κ2) is 7.36. The Kier molecular flexibility index (Phi) is 4.76. The van der Waals surface area contributed by atoms with Crippen molar-refractivity contribution in [3.8, 4) is 11.5 Å². The summed E-state index contributed by atoms with van der Waals surface area (Å²) >= 11 is 0. The third kappa shape index (κ3) is 3.50. The number of aromatic nitrogens is 4. The zero-order valence-corrected chi connectivity index (χ0v) is 14.9. The van der Waals surface area contributed by atoms with E-state index in [0.717, 1.165) is 24.8 Å². The van der Waals surface area contributed by atoms with E-state index in [2.05, 4.69) is 20.3 Å². The molecule has 3 heterocycles. The third-order valence-electron chi connectivity index (χ3n) is 4.56. The summed E-state index contributed by atoms with van der Waals surface area (Å²) in [5.41, 5.74) is 1.66. The number of benzene rings is 1. The van der Waals surface area contributed by atoms with Gasteiger partial charge in [-0.15, -0.1) is 0 Å². The highest BCUT2D eigenvalue weighted by atomic mass is 19.1. The average molecular weight is 373 g/mol. The van der Waals surface area contributed by atoms with E-state index in [-0.39, 0.29) is 12.0 Å². The molecule has 1 aliphatic heterocycles. The fraction of sp³-hybridized carbons (Fsp3) is 0.389. The second-order valence-corrected chi connectivity index (χ2v) is 6.35. The molecule has 0 radical (unpaired) electrons. The van der Waals surface area contributed by atoms with Gasteiger partial charge in [0.25, 0.3) is 0 Å². The molecule has 4 rings (SSSR count). The molecule has 1 aliphatic rings. The first-order chi connectivity index (χ1) is 13.2. The number of fused-ring (bicyclic) bond motifs is 1. The number of hydrogen-bond acceptors (Lipinski definition) is 7. The molecule has 1 aromatic carbocycles. The number of halogens is 1. The number of ether oxygens (including phenoxy) is 2. The van der Waals surface area contributed by atoms with Gasteiger partial charge in [-0.3, -0.25) is 4.57 Å². The molecule has 27 heavy (non-hydrogen) atoms. The van der Waals surface area contributed by atoms with E-state index in [1.54, 1.807) is 29.1 Å². The first-order valence-corrected chi connectivity index (χ1v) is 8.77. The van der Waals surface area contributed by atoms with Crippen LogP contribution in [0.15, 0.2) is 24.5 Å². The minimum Gasteiger partial charge on any atom is -0.504 e. The number of hydrogen-bond donors (Lipinski definition) is 2. The van der Waals surface area contributed by atoms with E-state index in [4.69, 9.17) is 9.47 Å². The molecule has 1 unspecified atom stereocenters. The Morgan fingerprint density at radius 3 is 3.00 bits per heavy atom. The van der Waals surface area contributed by atoms with E-state index in [9.17, 15) is 9.50 Å². The van der Waals surface area contributed by atoms with Crippen molar-refractivity contribution >= 4 is 17.0 Å². The lowest BCUT2D eigenvalue weighted by atomic mass is 10.2. The standard InChI is InChI=1S/C18H20FN5O3/c1-26-13-6-5-11(8-12(13)25)9-20-16-15-17(23-18(19)22-16)24(10-21-15)14-4-2-3-7-27-14/h5-6,8,10,14,25H,2-4,7,9H2,1H3,(H,20,22,23). The number of phenols is 1. The highest BCUT2D eigenvalue weighted by Gasteiger charge is 2.21. The highest BCUT2D eigenvalue weighted by molar-refractivity contribution is 5.82. The first-order valence-electron chi connectivity index (χ1n) is 8.77. The molecule has 8 nitrogen and oxygen atoms in total. The molecule has 9 heteroatoms. The fourth-order valence-corrected chi connectivity index (χ4v) is 3.20. The number of methoxy groups -OCH3 is 1. The number of nitrogens with one attached hydrogen (secondary N) is 1. The lowest BCUT2D eigenvalue weighted by molar-refractivity contribution is -0.0298. The molecule has 3 aromatic rings. The average Bonchev–Trinajstić information content (AvgIpc) is 3.10. The predicted molar refractivity (Wildman–Crippen MR) is 96.1 cm³/mol. The maximum absolute atomic E-state index is 14.0. The molecular formula is C18H20FN5O3. The van der Waals surface area contributed by atoms with Gasteiger partial charge in [0, 0.05) is 13.2 Å². The van der Waals surface area contributed by atoms with E-state index >= 15 is 0 Å². The quantitative estimate of drug-likeness (QED) is 0.664. The van der Waals surface area contributed by atoms with E-state index in [1.807, 2.05) is 0 Å². The Labute approximate surface area is 155 Å². The normalized spacial score (nSPS) is 17.2. The van der Waals surface area contributed by atoms with Gasteiger partial charge < -0.3 is 19.9 Å². The summed E-state index contributed by atoms with van der Waals surface area (Å²) < 4.78 is 26.5. The van der Waals surface area contributed by atoms with Gasteiger partial charge in [0.15, 0.2) is 28.5 Å². The molecule has 2 N–H and O–H groups in total. The zero-order chi connectivity index (χ0) is 18.8. The van der Waals surface area contributed by atoms with Crippen molar-refractivity contribution in [1.29, 1.82) is 0 Å². The Hall–Kier alpha value is -2.94. The Bertz CT molecular complexity index is 956. The van der Waals surface area contributed by atoms with Crippen molar-refractivity contribution < 1.29 is 19.0 Å². The number of aromatic hydroxyl groups is 1. The molecule has 2 aromatic heterocycles. The van der Waals surface area contributed by atoms with Crippen LogP contribution in [-0.4, -0.2) is 38.3 Å². The predicted octanol–water partition coefficient (Wildman–Crippen LogP) is 2.99. The Morgan fingerprint density at radius 1 is 1.37 bits per heavy atom. The molecular weight excluding hydrogens is 353 g/mol. The van der Waals surface area contributed by atoms with Crippen LogP contribution in [0.5, 0.6) is 11.5 Å². The van der Waals surface area contributed by atoms with Gasteiger partial charge >= 0.3 is 6.08 Å². The molecule has 1 saturated heterocycles. The van der Waals surface area contributed by atoms with Gasteiger partial charge in [-0.1, -0.05) is 6.07 Å². The molecule has 1 fully saturated rings. The zero-order valence-electron chi connectivity index (χ0n) is 14.9. The lowest BCUT2D eigenvalue weighted by Gasteiger charge is -2.23. The summed E-state index contributed by atoms with van der Waals surface area (Å²) in [4.78, 5) is 12.1. The van der Waals surface area contributed by atoms with Crippen LogP contribution in [0.4, 0.5) is 10.2 Å². The molecule has 0 aliphatic carbocycles. The van der Waals surface area contributed by atoms with E-state index in [1.165, 1.54) is 7.11 Å². The van der Waals surface area contributed by atoms with Gasteiger partial charge in [0.2, 0.25) is 0 Å². The monoisotopic (exact) mass is 373 g/mol. The SMILES string of the molecule is COc1ccc(CNc2nc(F)nc3c2ncn3C2CCCCO2)cc1O. The topological polar surface area (TPSA) is 94.3 Å². The van der Waals surface area contributed by atoms with Crippen LogP contribution in [0, 0.1) is 6.08 Å². The van der Waals surface area contributed by atoms with Crippen molar-refractivity contribution in [1.82, 2.24) is 19.5 Å². The number of nitrogens with zero attached hydrogens (tertiary/aromatic N) is 4. The van der Waals surface area contributed by atoms with Crippen LogP contribution in [0.25, 0.3) is 11.2 Å². The molecule has 0 spiro atoms. The largest absolute Gasteiger partial charge is 0.504 e. The van der Waals surface area contributed by atoms with Gasteiger partial charge in [-0.2, -0.15) is 14.4 Å². The van der Waals surface area contributed by atoms with Gasteiger partial charge in [-0.05, 0) is 37.0 Å². The van der Waals surface area contributed by atoms with Crippen LogP contribution in [0.1, 0.15) is 31.1 Å². The van der Waals surface area contributed by atoms with Crippen LogP contribution in [-0.2, 0) is 11.3 Å². The summed E-state index contributed by atoms with van der Waals surface area (Å²) in [5, 5.41) is 13.0. The van der Waals surface area contributed by atoms with Crippen LogP contribution in [0.3, 0.4) is 0 Å². The van der Waals surface area contributed by atoms with Gasteiger partial charge in [-0.25, -0.2) is 4.98 Å². The maximum Gasteiger partial charge on any atom is 0.312 e. The summed E-state index contributed by atoms with van der Waals surface area (Å²) in [6, 6.07) is 5.04. The fourth-order valence-electron chi connectivity index (χ4n) is 3.20. The molecule has 1 atom stereocenters. The van der Waals surface area contributed by atoms with Crippen molar-refractivity contribution in [2.75, 3.05) is 19.0 Å². The maximum atomic E-state index is 14.0. The van der Waals surface area contributed by atoms with Crippen LogP contribution >= 0.6 is 0 Å². The lowest BCUT2D eigenvalue weighted by Crippen LogP contribution is -2.18. The number of phenolic OH excluding ortho intramolecular Hbond substituents is 1. The third-order valence-corrected chi connectivity index (χ3v) is 4.56. The Balaban J connectivity index is 1.60. The Morgan fingerprint density at radius 2 is 2.26 bits per heavy atom. The summed E-state index contributed by atoms with van der Waals surface area (Å²) in [7, 11) is 1.49. The first kappa shape index (κ1) is 17.5.